The van der Waals surface area contributed by atoms with E-state index in [1.165, 1.54) is 47.2 Å². The maximum Gasteiger partial charge on any atom is 0.0731 e. The molecule has 26 heavy (non-hydrogen) atoms. The van der Waals surface area contributed by atoms with Crippen LogP contribution in [0.3, 0.4) is 0 Å². The third-order valence-corrected chi connectivity index (χ3v) is 6.35. The van der Waals surface area contributed by atoms with Crippen molar-refractivity contribution in [1.82, 2.24) is 9.88 Å². The molecular weight excluding hydrogens is 407 g/mol. The van der Waals surface area contributed by atoms with Crippen LogP contribution in [0.4, 0.5) is 0 Å². The molecule has 6 heteroatoms. The highest BCUT2D eigenvalue weighted by Gasteiger charge is 2.18. The van der Waals surface area contributed by atoms with E-state index in [0.717, 1.165) is 42.3 Å². The molecule has 1 aliphatic rings. The average molecular weight is 436 g/mol. The van der Waals surface area contributed by atoms with Crippen LogP contribution in [0.15, 0.2) is 23.1 Å². The Balaban J connectivity index is 0.00000169. The first-order valence-corrected chi connectivity index (χ1v) is 10.6. The summed E-state index contributed by atoms with van der Waals surface area (Å²) in [7, 11) is 0. The third-order valence-electron chi connectivity index (χ3n) is 4.97. The lowest BCUT2D eigenvalue weighted by Gasteiger charge is -2.19. The summed E-state index contributed by atoms with van der Waals surface area (Å²) in [6.45, 7) is 7.88. The minimum atomic E-state index is 0. The molecule has 2 aromatic rings. The summed E-state index contributed by atoms with van der Waals surface area (Å²) in [6.07, 6.45) is 6.15. The van der Waals surface area contributed by atoms with E-state index in [9.17, 15) is 0 Å². The fourth-order valence-corrected chi connectivity index (χ4v) is 4.96. The molecule has 0 aliphatic heterocycles. The number of hydrogen-bond donors (Lipinski definition) is 0. The number of hydrogen-bond acceptors (Lipinski definition) is 3. The normalized spacial score (nSPS) is 13.7. The third kappa shape index (κ3) is 5.65. The Morgan fingerprint density at radius 1 is 1.08 bits per heavy atom. The number of pyridine rings is 1. The van der Waals surface area contributed by atoms with Crippen LogP contribution in [-0.4, -0.2) is 35.3 Å². The van der Waals surface area contributed by atoms with Gasteiger partial charge >= 0.3 is 0 Å². The summed E-state index contributed by atoms with van der Waals surface area (Å²) in [4.78, 5) is 8.92. The molecule has 0 unspecified atom stereocenters. The Hall–Kier alpha value is -0.190. The highest BCUT2D eigenvalue weighted by Crippen LogP contribution is 2.36. The van der Waals surface area contributed by atoms with Crippen molar-refractivity contribution in [2.45, 2.75) is 50.8 Å². The van der Waals surface area contributed by atoms with Crippen LogP contribution in [0, 0.1) is 0 Å². The number of nitrogens with zero attached hydrogens (tertiary/aromatic N) is 2. The molecular formula is C20H29Cl3N2S. The second-order valence-corrected chi connectivity index (χ2v) is 8.01. The Kier molecular flexibility index (Phi) is 10.6. The summed E-state index contributed by atoms with van der Waals surface area (Å²) in [5.74, 6) is 1.13. The van der Waals surface area contributed by atoms with Crippen molar-refractivity contribution in [2.24, 2.45) is 0 Å². The van der Waals surface area contributed by atoms with Crippen LogP contribution in [0.1, 0.15) is 44.4 Å². The summed E-state index contributed by atoms with van der Waals surface area (Å²) in [6, 6.07) is 6.19. The van der Waals surface area contributed by atoms with E-state index >= 15 is 0 Å². The number of halogens is 3. The number of aromatic nitrogens is 1. The molecule has 0 N–H and O–H groups in total. The number of thioether (sulfide) groups is 1. The zero-order valence-corrected chi connectivity index (χ0v) is 18.8. The molecule has 0 saturated heterocycles. The van der Waals surface area contributed by atoms with Crippen LogP contribution in [0.5, 0.6) is 0 Å². The molecule has 0 fully saturated rings. The molecule has 1 heterocycles. The number of aryl methyl sites for hydroxylation is 1. The predicted molar refractivity (Wildman–Crippen MR) is 121 cm³/mol. The monoisotopic (exact) mass is 434 g/mol. The summed E-state index contributed by atoms with van der Waals surface area (Å²) >= 11 is 8.23. The molecule has 1 aromatic heterocycles. The van der Waals surface area contributed by atoms with E-state index in [0.29, 0.717) is 0 Å². The zero-order chi connectivity index (χ0) is 16.9. The van der Waals surface area contributed by atoms with Gasteiger partial charge in [0.2, 0.25) is 0 Å². The predicted octanol–water partition coefficient (Wildman–Crippen LogP) is 6.43. The summed E-state index contributed by atoms with van der Waals surface area (Å²) in [5, 5.41) is 2.06. The van der Waals surface area contributed by atoms with Gasteiger partial charge in [-0.2, -0.15) is 0 Å². The van der Waals surface area contributed by atoms with Crippen molar-refractivity contribution in [3.63, 3.8) is 0 Å². The molecule has 1 aliphatic carbocycles. The van der Waals surface area contributed by atoms with E-state index < -0.39 is 0 Å². The van der Waals surface area contributed by atoms with Gasteiger partial charge in [-0.05, 0) is 56.5 Å². The Bertz CT molecular complexity index is 705. The molecule has 1 aromatic carbocycles. The van der Waals surface area contributed by atoms with E-state index in [-0.39, 0.29) is 24.8 Å². The largest absolute Gasteiger partial charge is 0.303 e. The van der Waals surface area contributed by atoms with E-state index in [2.05, 4.69) is 24.8 Å². The second kappa shape index (κ2) is 11.6. The number of benzene rings is 1. The van der Waals surface area contributed by atoms with Crippen molar-refractivity contribution < 1.29 is 0 Å². The summed E-state index contributed by atoms with van der Waals surface area (Å²) in [5.41, 5.74) is 3.88. The first-order valence-electron chi connectivity index (χ1n) is 9.19. The molecule has 0 spiro atoms. The first-order chi connectivity index (χ1) is 11.7. The van der Waals surface area contributed by atoms with Gasteiger partial charge < -0.3 is 4.90 Å². The molecule has 0 bridgehead atoms. The highest BCUT2D eigenvalue weighted by molar-refractivity contribution is 7.99. The van der Waals surface area contributed by atoms with Crippen molar-refractivity contribution >= 4 is 59.1 Å². The maximum atomic E-state index is 6.22. The van der Waals surface area contributed by atoms with Crippen LogP contribution in [-0.2, 0) is 12.8 Å². The fourth-order valence-electron chi connectivity index (χ4n) is 3.51. The molecule has 2 nitrogen and oxygen atoms in total. The molecule has 0 atom stereocenters. The second-order valence-electron chi connectivity index (χ2n) is 6.46. The molecule has 0 saturated carbocycles. The van der Waals surface area contributed by atoms with Crippen molar-refractivity contribution in [1.29, 1.82) is 0 Å². The number of rotatable bonds is 6. The molecule has 0 amide bonds. The van der Waals surface area contributed by atoms with Crippen LogP contribution < -0.4 is 0 Å². The SMILES string of the molecule is CCN(CC)CCSc1c2c(nc3cc(Cl)ccc13)CCCCC2.Cl.Cl. The van der Waals surface area contributed by atoms with Crippen molar-refractivity contribution in [3.05, 3.63) is 34.5 Å². The molecule has 146 valence electrons. The fraction of sp³-hybridized carbons (Fsp3) is 0.550. The number of fused-ring (bicyclic) bond motifs is 2. The first kappa shape index (κ1) is 23.8. The van der Waals surface area contributed by atoms with Crippen LogP contribution in [0.2, 0.25) is 5.02 Å². The maximum absolute atomic E-state index is 6.22. The van der Waals surface area contributed by atoms with E-state index in [1.54, 1.807) is 0 Å². The lowest BCUT2D eigenvalue weighted by molar-refractivity contribution is 0.324. The Morgan fingerprint density at radius 2 is 1.81 bits per heavy atom. The minimum Gasteiger partial charge on any atom is -0.303 e. The zero-order valence-electron chi connectivity index (χ0n) is 15.6. The van der Waals surface area contributed by atoms with Gasteiger partial charge in [0.1, 0.15) is 0 Å². The van der Waals surface area contributed by atoms with Gasteiger partial charge in [-0.15, -0.1) is 36.6 Å². The van der Waals surface area contributed by atoms with Crippen molar-refractivity contribution in [3.8, 4) is 0 Å². The molecule has 3 rings (SSSR count). The van der Waals surface area contributed by atoms with Gasteiger partial charge in [0.15, 0.2) is 0 Å². The van der Waals surface area contributed by atoms with Gasteiger partial charge in [-0.25, -0.2) is 0 Å². The van der Waals surface area contributed by atoms with Crippen LogP contribution in [0.25, 0.3) is 10.9 Å². The Labute approximate surface area is 179 Å². The van der Waals surface area contributed by atoms with E-state index in [4.69, 9.17) is 16.6 Å². The van der Waals surface area contributed by atoms with Gasteiger partial charge in [0.05, 0.1) is 5.52 Å². The Morgan fingerprint density at radius 3 is 2.54 bits per heavy atom. The smallest absolute Gasteiger partial charge is 0.0731 e. The molecule has 0 radical (unpaired) electrons. The van der Waals surface area contributed by atoms with Gasteiger partial charge in [-0.1, -0.05) is 37.9 Å². The lowest BCUT2D eigenvalue weighted by atomic mass is 10.1. The highest BCUT2D eigenvalue weighted by atomic mass is 35.5. The quantitative estimate of drug-likeness (QED) is 0.384. The van der Waals surface area contributed by atoms with E-state index in [1.807, 2.05) is 23.9 Å². The summed E-state index contributed by atoms with van der Waals surface area (Å²) < 4.78 is 0. The van der Waals surface area contributed by atoms with Gasteiger partial charge in [-0.3, -0.25) is 4.98 Å². The van der Waals surface area contributed by atoms with Crippen LogP contribution >= 0.6 is 48.2 Å². The van der Waals surface area contributed by atoms with Crippen molar-refractivity contribution in [2.75, 3.05) is 25.4 Å². The minimum absolute atomic E-state index is 0. The lowest BCUT2D eigenvalue weighted by Crippen LogP contribution is -2.25. The average Bonchev–Trinajstić information content (AvgIpc) is 2.83. The topological polar surface area (TPSA) is 16.1 Å². The van der Waals surface area contributed by atoms with Gasteiger partial charge in [0, 0.05) is 33.3 Å². The van der Waals surface area contributed by atoms with Gasteiger partial charge in [0.25, 0.3) is 0 Å². The standard InChI is InChI=1S/C20H27ClN2S.2ClH/c1-3-23(4-2)12-13-24-20-16-8-6-5-7-9-18(16)22-19-14-15(21)10-11-17(19)20;;/h10-11,14H,3-9,12-13H2,1-2H3;2*1H.